The first-order valence-corrected chi connectivity index (χ1v) is 13.4. The molecule has 0 aliphatic carbocycles. The summed E-state index contributed by atoms with van der Waals surface area (Å²) in [5.74, 6) is 0.626. The maximum atomic E-state index is 4.42. The molecule has 2 aromatic rings. The first-order chi connectivity index (χ1) is 17.4. The second-order valence-corrected chi connectivity index (χ2v) is 9.90. The van der Waals surface area contributed by atoms with Crippen LogP contribution < -0.4 is 4.90 Å². The molecular formula is C34H44N2. The Morgan fingerprint density at radius 2 is 1.69 bits per heavy atom. The molecule has 3 rings (SSSR count). The van der Waals surface area contributed by atoms with Crippen LogP contribution in [0.4, 0.5) is 5.69 Å². The molecule has 0 unspecified atom stereocenters. The van der Waals surface area contributed by atoms with Crippen molar-refractivity contribution in [1.82, 2.24) is 4.90 Å². The lowest BCUT2D eigenvalue weighted by molar-refractivity contribution is 0.362. The summed E-state index contributed by atoms with van der Waals surface area (Å²) in [5.41, 5.74) is 8.59. The van der Waals surface area contributed by atoms with Gasteiger partial charge >= 0.3 is 0 Å². The van der Waals surface area contributed by atoms with Gasteiger partial charge in [0.05, 0.1) is 0 Å². The summed E-state index contributed by atoms with van der Waals surface area (Å²) < 4.78 is 0. The Morgan fingerprint density at radius 3 is 2.25 bits per heavy atom. The van der Waals surface area contributed by atoms with Gasteiger partial charge in [-0.3, -0.25) is 0 Å². The van der Waals surface area contributed by atoms with Gasteiger partial charge in [-0.2, -0.15) is 0 Å². The van der Waals surface area contributed by atoms with Crippen molar-refractivity contribution >= 4 is 17.5 Å². The second kappa shape index (κ2) is 13.2. The molecule has 1 fully saturated rings. The van der Waals surface area contributed by atoms with E-state index in [4.69, 9.17) is 0 Å². The molecule has 0 atom stereocenters. The standard InChI is InChI=1S/C34H44N2/c1-8-26(5)13-12-14-29-15-17-30(18-16-29)31-21-23-35(24-22-31)33-19-20-34(27(6)25-33)28(7)36(11-4)32(9-2)10-3/h8,11-12,14-20,25,31-32H,1,4-5,7,9-10,13,21-24H2,2-3,6H3/b14-12+. The molecule has 1 heterocycles. The zero-order valence-corrected chi connectivity index (χ0v) is 22.7. The fraction of sp³-hybridized carbons (Fsp3) is 0.353. The smallest absolute Gasteiger partial charge is 0.0411 e. The number of aryl methyl sites for hydroxylation is 1. The van der Waals surface area contributed by atoms with E-state index >= 15 is 0 Å². The highest BCUT2D eigenvalue weighted by Gasteiger charge is 2.22. The van der Waals surface area contributed by atoms with Gasteiger partial charge in [-0.05, 0) is 80.0 Å². The summed E-state index contributed by atoms with van der Waals surface area (Å²) in [7, 11) is 0. The quantitative estimate of drug-likeness (QED) is 0.279. The van der Waals surface area contributed by atoms with Crippen molar-refractivity contribution in [3.8, 4) is 0 Å². The van der Waals surface area contributed by atoms with E-state index in [1.165, 1.54) is 40.8 Å². The molecule has 2 heteroatoms. The third-order valence-corrected chi connectivity index (χ3v) is 7.61. The number of nitrogens with zero attached hydrogens (tertiary/aromatic N) is 2. The lowest BCUT2D eigenvalue weighted by atomic mass is 9.88. The molecule has 0 amide bonds. The number of anilines is 1. The van der Waals surface area contributed by atoms with Gasteiger partial charge in [-0.25, -0.2) is 0 Å². The Labute approximate surface area is 220 Å². The fourth-order valence-electron chi connectivity index (χ4n) is 5.25. The number of hydrogen-bond donors (Lipinski definition) is 0. The highest BCUT2D eigenvalue weighted by molar-refractivity contribution is 5.69. The molecular weight excluding hydrogens is 436 g/mol. The maximum Gasteiger partial charge on any atom is 0.0411 e. The Morgan fingerprint density at radius 1 is 1.03 bits per heavy atom. The van der Waals surface area contributed by atoms with E-state index in [1.807, 2.05) is 12.3 Å². The van der Waals surface area contributed by atoms with Gasteiger partial charge in [0.25, 0.3) is 0 Å². The summed E-state index contributed by atoms with van der Waals surface area (Å²) in [6, 6.07) is 16.4. The first kappa shape index (κ1) is 27.3. The van der Waals surface area contributed by atoms with Crippen LogP contribution in [0.1, 0.15) is 74.1 Å². The zero-order valence-electron chi connectivity index (χ0n) is 22.7. The number of benzene rings is 2. The van der Waals surface area contributed by atoms with E-state index in [0.717, 1.165) is 43.6 Å². The van der Waals surface area contributed by atoms with Crippen LogP contribution in [0.25, 0.3) is 11.8 Å². The average molecular weight is 481 g/mol. The van der Waals surface area contributed by atoms with Gasteiger partial charge < -0.3 is 9.80 Å². The first-order valence-electron chi connectivity index (χ1n) is 13.4. The van der Waals surface area contributed by atoms with Crippen LogP contribution in [-0.2, 0) is 0 Å². The van der Waals surface area contributed by atoms with Gasteiger partial charge in [-0.15, -0.1) is 0 Å². The summed E-state index contributed by atoms with van der Waals surface area (Å²) in [4.78, 5) is 4.78. The van der Waals surface area contributed by atoms with Crippen LogP contribution in [0.2, 0.25) is 0 Å². The Bertz CT molecular complexity index is 1080. The largest absolute Gasteiger partial charge is 0.371 e. The predicted octanol–water partition coefficient (Wildman–Crippen LogP) is 9.13. The molecule has 2 aromatic carbocycles. The summed E-state index contributed by atoms with van der Waals surface area (Å²) in [6.07, 6.45) is 13.4. The normalized spacial score (nSPS) is 14.3. The average Bonchev–Trinajstić information content (AvgIpc) is 2.91. The van der Waals surface area contributed by atoms with Crippen molar-refractivity contribution in [2.75, 3.05) is 18.0 Å². The molecule has 0 N–H and O–H groups in total. The van der Waals surface area contributed by atoms with Crippen LogP contribution in [-0.4, -0.2) is 24.0 Å². The van der Waals surface area contributed by atoms with E-state index in [-0.39, 0.29) is 0 Å². The molecule has 190 valence electrons. The summed E-state index contributed by atoms with van der Waals surface area (Å²) in [6.45, 7) is 25.0. The van der Waals surface area contributed by atoms with E-state index < -0.39 is 0 Å². The Balaban J connectivity index is 1.61. The molecule has 36 heavy (non-hydrogen) atoms. The van der Waals surface area contributed by atoms with Crippen LogP contribution in [0.15, 0.2) is 92.7 Å². The van der Waals surface area contributed by atoms with Gasteiger partial charge in [0, 0.05) is 36.1 Å². The third-order valence-electron chi connectivity index (χ3n) is 7.61. The highest BCUT2D eigenvalue weighted by atomic mass is 15.2. The highest BCUT2D eigenvalue weighted by Crippen LogP contribution is 2.33. The van der Waals surface area contributed by atoms with Crippen LogP contribution in [0.3, 0.4) is 0 Å². The zero-order chi connectivity index (χ0) is 26.1. The minimum Gasteiger partial charge on any atom is -0.371 e. The van der Waals surface area contributed by atoms with Crippen molar-refractivity contribution in [3.63, 3.8) is 0 Å². The van der Waals surface area contributed by atoms with E-state index in [2.05, 4.69) is 112 Å². The van der Waals surface area contributed by atoms with Crippen LogP contribution in [0.5, 0.6) is 0 Å². The molecule has 0 bridgehead atoms. The Hall–Kier alpha value is -3.26. The minimum absolute atomic E-state index is 0.440. The Kier molecular flexibility index (Phi) is 9.99. The molecule has 0 radical (unpaired) electrons. The lowest BCUT2D eigenvalue weighted by Gasteiger charge is -2.35. The third kappa shape index (κ3) is 6.69. The molecule has 1 aliphatic heterocycles. The molecule has 1 saturated heterocycles. The van der Waals surface area contributed by atoms with Crippen molar-refractivity contribution in [3.05, 3.63) is 115 Å². The van der Waals surface area contributed by atoms with E-state index in [9.17, 15) is 0 Å². The fourth-order valence-corrected chi connectivity index (χ4v) is 5.25. The van der Waals surface area contributed by atoms with E-state index in [1.54, 1.807) is 0 Å². The molecule has 0 saturated carbocycles. The van der Waals surface area contributed by atoms with Crippen LogP contribution in [0, 0.1) is 6.92 Å². The van der Waals surface area contributed by atoms with E-state index in [0.29, 0.717) is 12.0 Å². The summed E-state index contributed by atoms with van der Waals surface area (Å²) >= 11 is 0. The number of hydrogen-bond acceptors (Lipinski definition) is 2. The molecule has 0 spiro atoms. The predicted molar refractivity (Wildman–Crippen MR) is 160 cm³/mol. The van der Waals surface area contributed by atoms with Crippen LogP contribution >= 0.6 is 0 Å². The van der Waals surface area contributed by atoms with Gasteiger partial charge in [0.15, 0.2) is 0 Å². The van der Waals surface area contributed by atoms with Gasteiger partial charge in [0.1, 0.15) is 0 Å². The van der Waals surface area contributed by atoms with Crippen molar-refractivity contribution in [2.24, 2.45) is 0 Å². The van der Waals surface area contributed by atoms with Gasteiger partial charge in [-0.1, -0.05) is 94.3 Å². The second-order valence-electron chi connectivity index (χ2n) is 9.90. The number of piperidine rings is 1. The number of rotatable bonds is 12. The molecule has 2 nitrogen and oxygen atoms in total. The van der Waals surface area contributed by atoms with Crippen molar-refractivity contribution in [1.29, 1.82) is 0 Å². The molecule has 0 aromatic heterocycles. The monoisotopic (exact) mass is 480 g/mol. The van der Waals surface area contributed by atoms with Crippen molar-refractivity contribution in [2.45, 2.75) is 64.8 Å². The van der Waals surface area contributed by atoms with Crippen molar-refractivity contribution < 1.29 is 0 Å². The lowest BCUT2D eigenvalue weighted by Crippen LogP contribution is -2.33. The summed E-state index contributed by atoms with van der Waals surface area (Å²) in [5, 5.41) is 0. The molecule has 1 aliphatic rings. The topological polar surface area (TPSA) is 6.48 Å². The number of allylic oxidation sites excluding steroid dienone is 3. The minimum atomic E-state index is 0.440. The SMILES string of the molecule is C=CC(=C)C/C=C/c1ccc(C2CCN(c3ccc(C(=C)N(C=C)C(CC)CC)c(C)c3)CC2)cc1. The maximum absolute atomic E-state index is 4.42. The van der Waals surface area contributed by atoms with Gasteiger partial charge in [0.2, 0.25) is 0 Å².